The fraction of sp³-hybridized carbons (Fsp3) is 0.235. The summed E-state index contributed by atoms with van der Waals surface area (Å²) in [7, 11) is -1.04. The molecule has 1 amide bonds. The lowest BCUT2D eigenvalue weighted by Crippen LogP contribution is -2.30. The van der Waals surface area contributed by atoms with E-state index in [0.29, 0.717) is 15.5 Å². The predicted octanol–water partition coefficient (Wildman–Crippen LogP) is 4.04. The molecule has 2 aromatic carbocycles. The van der Waals surface area contributed by atoms with Gasteiger partial charge in [-0.1, -0.05) is 11.6 Å². The number of rotatable bonds is 3. The Morgan fingerprint density at radius 3 is 2.70 bits per heavy atom. The highest BCUT2D eigenvalue weighted by atomic mass is 35.5. The molecule has 23 heavy (non-hydrogen) atoms. The minimum Gasteiger partial charge on any atom is -0.345 e. The van der Waals surface area contributed by atoms with E-state index >= 15 is 0 Å². The second-order valence-electron chi connectivity index (χ2n) is 5.32. The lowest BCUT2D eigenvalue weighted by atomic mass is 10.0. The fourth-order valence-electron chi connectivity index (χ4n) is 2.55. The molecule has 0 unspecified atom stereocenters. The van der Waals surface area contributed by atoms with E-state index in [1.54, 1.807) is 42.3 Å². The van der Waals surface area contributed by atoms with Gasteiger partial charge in [0.05, 0.1) is 6.04 Å². The summed E-state index contributed by atoms with van der Waals surface area (Å²) >= 11 is 7.88. The number of carbonyl (C=O) groups excluding carboxylic acids is 1. The molecule has 1 heterocycles. The smallest absolute Gasteiger partial charge is 0.251 e. The molecule has 2 aromatic rings. The Labute approximate surface area is 147 Å². The first kappa shape index (κ1) is 16.6. The Balaban J connectivity index is 1.79. The van der Waals surface area contributed by atoms with Crippen molar-refractivity contribution in [2.45, 2.75) is 22.3 Å². The topological polar surface area (TPSA) is 46.2 Å². The van der Waals surface area contributed by atoms with Gasteiger partial charge < -0.3 is 5.32 Å². The van der Waals surface area contributed by atoms with Crippen LogP contribution < -0.4 is 5.32 Å². The number of nitrogens with one attached hydrogen (secondary N) is 1. The van der Waals surface area contributed by atoms with E-state index in [2.05, 4.69) is 5.32 Å². The van der Waals surface area contributed by atoms with Crippen molar-refractivity contribution < 1.29 is 9.00 Å². The highest BCUT2D eigenvalue weighted by Gasteiger charge is 2.23. The normalized spacial score (nSPS) is 18.1. The highest BCUT2D eigenvalue weighted by molar-refractivity contribution is 7.99. The van der Waals surface area contributed by atoms with Crippen LogP contribution in [-0.4, -0.2) is 22.1 Å². The maximum Gasteiger partial charge on any atom is 0.251 e. The fourth-order valence-corrected chi connectivity index (χ4v) is 4.36. The zero-order chi connectivity index (χ0) is 16.4. The van der Waals surface area contributed by atoms with Crippen LogP contribution in [0.15, 0.2) is 52.3 Å². The van der Waals surface area contributed by atoms with Crippen molar-refractivity contribution in [1.29, 1.82) is 0 Å². The zero-order valence-electron chi connectivity index (χ0n) is 12.5. The molecule has 2 atom stereocenters. The molecule has 3 rings (SSSR count). The first-order chi connectivity index (χ1) is 11.0. The maximum absolute atomic E-state index is 12.5. The number of hydrogen-bond acceptors (Lipinski definition) is 3. The number of benzene rings is 2. The number of amides is 1. The van der Waals surface area contributed by atoms with E-state index in [9.17, 15) is 9.00 Å². The van der Waals surface area contributed by atoms with Crippen LogP contribution in [0.3, 0.4) is 0 Å². The van der Waals surface area contributed by atoms with Gasteiger partial charge in [-0.15, -0.1) is 11.8 Å². The van der Waals surface area contributed by atoms with E-state index in [4.69, 9.17) is 11.6 Å². The Hall–Kier alpha value is -1.30. The molecule has 0 saturated carbocycles. The molecule has 0 fully saturated rings. The van der Waals surface area contributed by atoms with Crippen molar-refractivity contribution in [3.63, 3.8) is 0 Å². The molecule has 0 bridgehead atoms. The molecular weight excluding hydrogens is 350 g/mol. The van der Waals surface area contributed by atoms with Crippen LogP contribution in [0.25, 0.3) is 0 Å². The van der Waals surface area contributed by atoms with Crippen molar-refractivity contribution in [1.82, 2.24) is 5.32 Å². The van der Waals surface area contributed by atoms with Crippen LogP contribution in [-0.2, 0) is 10.8 Å². The highest BCUT2D eigenvalue weighted by Crippen LogP contribution is 2.37. The number of fused-ring (bicyclic) bond motifs is 1. The van der Waals surface area contributed by atoms with E-state index in [-0.39, 0.29) is 11.9 Å². The average molecular weight is 366 g/mol. The molecule has 1 N–H and O–H groups in total. The summed E-state index contributed by atoms with van der Waals surface area (Å²) in [6, 6.07) is 12.7. The first-order valence-electron chi connectivity index (χ1n) is 7.21. The lowest BCUT2D eigenvalue weighted by molar-refractivity contribution is 0.0935. The van der Waals surface area contributed by atoms with Crippen LogP contribution in [0.2, 0.25) is 5.02 Å². The Kier molecular flexibility index (Phi) is 5.09. The molecule has 0 aliphatic carbocycles. The molecule has 1 aliphatic rings. The lowest BCUT2D eigenvalue weighted by Gasteiger charge is -2.26. The Morgan fingerprint density at radius 1 is 1.26 bits per heavy atom. The Morgan fingerprint density at radius 2 is 2.00 bits per heavy atom. The molecule has 0 aromatic heterocycles. The SMILES string of the molecule is C[S@@](=O)c1ccc(C(=O)N[C@@H]2CCSc3ccc(Cl)cc32)cc1. The maximum atomic E-state index is 12.5. The minimum absolute atomic E-state index is 0.0302. The second kappa shape index (κ2) is 7.07. The molecular formula is C17H16ClNO2S2. The van der Waals surface area contributed by atoms with E-state index in [1.165, 1.54) is 4.90 Å². The van der Waals surface area contributed by atoms with Gasteiger partial charge in [-0.3, -0.25) is 9.00 Å². The standard InChI is InChI=1S/C17H16ClNO2S2/c1-23(21)13-5-2-11(3-6-13)17(20)19-15-8-9-22-16-7-4-12(18)10-14(15)16/h2-7,10,15H,8-9H2,1H3,(H,19,20)/t15-,23-/m1/s1. The van der Waals surface area contributed by atoms with Gasteiger partial charge in [0.1, 0.15) is 0 Å². The van der Waals surface area contributed by atoms with Gasteiger partial charge in [0.2, 0.25) is 0 Å². The van der Waals surface area contributed by atoms with Crippen molar-refractivity contribution in [2.75, 3.05) is 12.0 Å². The van der Waals surface area contributed by atoms with Gasteiger partial charge in [-0.25, -0.2) is 0 Å². The third-order valence-electron chi connectivity index (χ3n) is 3.77. The van der Waals surface area contributed by atoms with Gasteiger partial charge in [-0.2, -0.15) is 0 Å². The van der Waals surface area contributed by atoms with Gasteiger partial charge in [0.15, 0.2) is 0 Å². The zero-order valence-corrected chi connectivity index (χ0v) is 14.9. The average Bonchev–Trinajstić information content (AvgIpc) is 2.55. The summed E-state index contributed by atoms with van der Waals surface area (Å²) in [5, 5.41) is 3.76. The molecule has 1 aliphatic heterocycles. The molecule has 6 heteroatoms. The quantitative estimate of drug-likeness (QED) is 0.892. The van der Waals surface area contributed by atoms with E-state index in [1.807, 2.05) is 18.2 Å². The van der Waals surface area contributed by atoms with Crippen LogP contribution in [0.5, 0.6) is 0 Å². The van der Waals surface area contributed by atoms with Gasteiger partial charge in [-0.05, 0) is 54.4 Å². The van der Waals surface area contributed by atoms with Gasteiger partial charge in [0.25, 0.3) is 5.91 Å². The van der Waals surface area contributed by atoms with Crippen molar-refractivity contribution in [2.24, 2.45) is 0 Å². The number of hydrogen-bond donors (Lipinski definition) is 1. The number of carbonyl (C=O) groups is 1. The number of thioether (sulfide) groups is 1. The summed E-state index contributed by atoms with van der Waals surface area (Å²) in [6.45, 7) is 0. The molecule has 0 spiro atoms. The third kappa shape index (κ3) is 3.79. The summed E-state index contributed by atoms with van der Waals surface area (Å²) < 4.78 is 11.4. The minimum atomic E-state index is -1.04. The summed E-state index contributed by atoms with van der Waals surface area (Å²) in [4.78, 5) is 14.3. The van der Waals surface area contributed by atoms with Crippen molar-refractivity contribution in [3.05, 3.63) is 58.6 Å². The first-order valence-corrected chi connectivity index (χ1v) is 10.1. The van der Waals surface area contributed by atoms with Crippen molar-refractivity contribution in [3.8, 4) is 0 Å². The van der Waals surface area contributed by atoms with Crippen LogP contribution in [0.1, 0.15) is 28.4 Å². The van der Waals surface area contributed by atoms with Gasteiger partial charge >= 0.3 is 0 Å². The Bertz CT molecular complexity index is 762. The van der Waals surface area contributed by atoms with Crippen LogP contribution >= 0.6 is 23.4 Å². The second-order valence-corrected chi connectivity index (χ2v) is 8.28. The van der Waals surface area contributed by atoms with Crippen LogP contribution in [0.4, 0.5) is 0 Å². The third-order valence-corrected chi connectivity index (χ3v) is 6.06. The summed E-state index contributed by atoms with van der Waals surface area (Å²) in [6.07, 6.45) is 2.50. The predicted molar refractivity (Wildman–Crippen MR) is 95.8 cm³/mol. The van der Waals surface area contributed by atoms with Gasteiger partial charge in [0, 0.05) is 43.2 Å². The number of halogens is 1. The largest absolute Gasteiger partial charge is 0.345 e. The van der Waals surface area contributed by atoms with E-state index in [0.717, 1.165) is 17.7 Å². The monoisotopic (exact) mass is 365 g/mol. The summed E-state index contributed by atoms with van der Waals surface area (Å²) in [5.74, 6) is 0.842. The van der Waals surface area contributed by atoms with E-state index < -0.39 is 10.8 Å². The molecule has 120 valence electrons. The van der Waals surface area contributed by atoms with Crippen LogP contribution in [0, 0.1) is 0 Å². The van der Waals surface area contributed by atoms with Crippen molar-refractivity contribution >= 4 is 40.1 Å². The molecule has 3 nitrogen and oxygen atoms in total. The summed E-state index contributed by atoms with van der Waals surface area (Å²) in [5.41, 5.74) is 1.65. The molecule has 0 saturated heterocycles. The molecule has 0 radical (unpaired) electrons.